The van der Waals surface area contributed by atoms with Gasteiger partial charge in [-0.25, -0.2) is 9.97 Å². The number of pyridine rings is 1. The molecule has 10 rings (SSSR count). The van der Waals surface area contributed by atoms with Crippen molar-refractivity contribution < 1.29 is 0 Å². The molecule has 45 heavy (non-hydrogen) atoms. The number of hydrogen-bond acceptors (Lipinski definition) is 4. The summed E-state index contributed by atoms with van der Waals surface area (Å²) in [6.45, 7) is 0. The highest BCUT2D eigenvalue weighted by molar-refractivity contribution is 6.07. The van der Waals surface area contributed by atoms with Gasteiger partial charge in [0.2, 0.25) is 5.95 Å². The first-order chi connectivity index (χ1) is 22.4. The Kier molecular flexibility index (Phi) is 4.86. The maximum atomic E-state index is 5.05. The molecule has 0 fully saturated rings. The summed E-state index contributed by atoms with van der Waals surface area (Å²) in [4.78, 5) is 17.0. The van der Waals surface area contributed by atoms with Crippen LogP contribution in [0.3, 0.4) is 0 Å². The fourth-order valence-electron chi connectivity index (χ4n) is 7.88. The van der Waals surface area contributed by atoms with E-state index in [9.17, 15) is 0 Å². The predicted molar refractivity (Wildman–Crippen MR) is 180 cm³/mol. The lowest BCUT2D eigenvalue weighted by Gasteiger charge is -2.44. The Bertz CT molecular complexity index is 2310. The third-order valence-corrected chi connectivity index (χ3v) is 9.56. The Labute approximate surface area is 259 Å². The highest BCUT2D eigenvalue weighted by atomic mass is 15.3. The second-order valence-electron chi connectivity index (χ2n) is 11.7. The van der Waals surface area contributed by atoms with Gasteiger partial charge in [-0.05, 0) is 63.7 Å². The van der Waals surface area contributed by atoms with Gasteiger partial charge in [-0.1, -0.05) is 103 Å². The molecule has 4 heterocycles. The number of benzene rings is 5. The minimum atomic E-state index is -0.452. The van der Waals surface area contributed by atoms with Crippen LogP contribution in [-0.4, -0.2) is 19.5 Å². The van der Waals surface area contributed by atoms with Gasteiger partial charge in [0.1, 0.15) is 0 Å². The van der Waals surface area contributed by atoms with Crippen LogP contribution in [0.5, 0.6) is 0 Å². The largest absolute Gasteiger partial charge is 0.305 e. The molecule has 8 aromatic rings. The number of rotatable bonds is 2. The first-order valence-electron chi connectivity index (χ1n) is 15.2. The molecular formula is C40H25N5. The number of fused-ring (bicyclic) bond motifs is 12. The van der Waals surface area contributed by atoms with Gasteiger partial charge in [-0.15, -0.1) is 0 Å². The molecule has 0 amide bonds. The Hall–Kier alpha value is -6.07. The van der Waals surface area contributed by atoms with E-state index in [1.165, 1.54) is 33.4 Å². The number of anilines is 3. The summed E-state index contributed by atoms with van der Waals surface area (Å²) in [7, 11) is 0. The fraction of sp³-hybridized carbons (Fsp3) is 0.0250. The number of aromatic nitrogens is 4. The molecule has 2 aliphatic rings. The van der Waals surface area contributed by atoms with Crippen LogP contribution in [-0.2, 0) is 5.41 Å². The molecule has 5 heteroatoms. The van der Waals surface area contributed by atoms with Crippen LogP contribution >= 0.6 is 0 Å². The summed E-state index contributed by atoms with van der Waals surface area (Å²) >= 11 is 0. The lowest BCUT2D eigenvalue weighted by molar-refractivity contribution is 0.749. The second kappa shape index (κ2) is 8.97. The highest BCUT2D eigenvalue weighted by Gasteiger charge is 2.51. The topological polar surface area (TPSA) is 46.8 Å². The SMILES string of the molecule is c1ccc2c(c1)-c1ccccc1C21c2ccccc2N(c2ncc(-n3c4ccccc4c4ncccc43)cn2)c2ccccc21. The first-order valence-corrected chi connectivity index (χ1v) is 15.2. The maximum Gasteiger partial charge on any atom is 0.234 e. The zero-order valence-corrected chi connectivity index (χ0v) is 24.2. The molecule has 5 nitrogen and oxygen atoms in total. The van der Waals surface area contributed by atoms with E-state index in [-0.39, 0.29) is 0 Å². The monoisotopic (exact) mass is 575 g/mol. The quantitative estimate of drug-likeness (QED) is 0.206. The van der Waals surface area contributed by atoms with Crippen molar-refractivity contribution in [3.63, 3.8) is 0 Å². The van der Waals surface area contributed by atoms with Gasteiger partial charge in [0.25, 0.3) is 0 Å². The number of hydrogen-bond donors (Lipinski definition) is 0. The predicted octanol–water partition coefficient (Wildman–Crippen LogP) is 9.11. The molecule has 0 N–H and O–H groups in total. The fourth-order valence-corrected chi connectivity index (χ4v) is 7.88. The smallest absolute Gasteiger partial charge is 0.234 e. The van der Waals surface area contributed by atoms with Crippen molar-refractivity contribution in [1.29, 1.82) is 0 Å². The number of nitrogens with zero attached hydrogens (tertiary/aromatic N) is 5. The third-order valence-electron chi connectivity index (χ3n) is 9.56. The molecule has 0 saturated carbocycles. The van der Waals surface area contributed by atoms with E-state index < -0.39 is 5.41 Å². The van der Waals surface area contributed by atoms with E-state index in [0.29, 0.717) is 5.95 Å². The molecule has 3 aromatic heterocycles. The van der Waals surface area contributed by atoms with Crippen LogP contribution in [0.15, 0.2) is 152 Å². The van der Waals surface area contributed by atoms with Crippen molar-refractivity contribution in [3.05, 3.63) is 174 Å². The molecule has 0 atom stereocenters. The van der Waals surface area contributed by atoms with E-state index in [0.717, 1.165) is 39.0 Å². The van der Waals surface area contributed by atoms with Gasteiger partial charge in [0.15, 0.2) is 0 Å². The van der Waals surface area contributed by atoms with Gasteiger partial charge in [-0.2, -0.15) is 0 Å². The third kappa shape index (κ3) is 3.09. The zero-order chi connectivity index (χ0) is 29.5. The summed E-state index contributed by atoms with van der Waals surface area (Å²) in [6, 6.07) is 47.6. The maximum absolute atomic E-state index is 5.05. The van der Waals surface area contributed by atoms with E-state index in [1.807, 2.05) is 24.7 Å². The van der Waals surface area contributed by atoms with Crippen LogP contribution in [0.25, 0.3) is 38.8 Å². The normalized spacial score (nSPS) is 13.9. The molecule has 0 radical (unpaired) electrons. The summed E-state index contributed by atoms with van der Waals surface area (Å²) in [6.07, 6.45) is 5.70. The van der Waals surface area contributed by atoms with Gasteiger partial charge >= 0.3 is 0 Å². The van der Waals surface area contributed by atoms with E-state index in [1.54, 1.807) is 0 Å². The average Bonchev–Trinajstić information content (AvgIpc) is 3.60. The van der Waals surface area contributed by atoms with Crippen LogP contribution in [0, 0.1) is 0 Å². The van der Waals surface area contributed by atoms with Gasteiger partial charge in [0.05, 0.1) is 51.4 Å². The van der Waals surface area contributed by atoms with Gasteiger partial charge in [-0.3, -0.25) is 9.88 Å². The molecule has 0 bridgehead atoms. The Morgan fingerprint density at radius 1 is 0.467 bits per heavy atom. The highest BCUT2D eigenvalue weighted by Crippen LogP contribution is 2.62. The lowest BCUT2D eigenvalue weighted by Crippen LogP contribution is -2.36. The van der Waals surface area contributed by atoms with Crippen molar-refractivity contribution in [2.24, 2.45) is 0 Å². The van der Waals surface area contributed by atoms with E-state index >= 15 is 0 Å². The Morgan fingerprint density at radius 3 is 1.67 bits per heavy atom. The molecule has 210 valence electrons. The molecule has 1 spiro atoms. The van der Waals surface area contributed by atoms with Crippen LogP contribution < -0.4 is 4.90 Å². The molecule has 0 unspecified atom stereocenters. The van der Waals surface area contributed by atoms with Crippen LogP contribution in [0.4, 0.5) is 17.3 Å². The summed E-state index contributed by atoms with van der Waals surface area (Å²) in [5, 5.41) is 1.11. The van der Waals surface area contributed by atoms with Crippen LogP contribution in [0.1, 0.15) is 22.3 Å². The standard InChI is InChI=1S/C40H25N5/c1-4-15-30-27(12-1)28-13-2-5-16-31(28)40(30)32-17-6-9-20-35(32)45(36-21-10-7-18-33(36)40)39-42-24-26(25-43-39)44-34-19-8-3-14-29(34)38-37(44)22-11-23-41-38/h1-25H. The summed E-state index contributed by atoms with van der Waals surface area (Å²) in [5.74, 6) is 0.631. The van der Waals surface area contributed by atoms with Crippen molar-refractivity contribution >= 4 is 39.3 Å². The molecule has 1 aliphatic heterocycles. The number of para-hydroxylation sites is 3. The van der Waals surface area contributed by atoms with E-state index in [2.05, 4.69) is 137 Å². The van der Waals surface area contributed by atoms with Crippen LogP contribution in [0.2, 0.25) is 0 Å². The van der Waals surface area contributed by atoms with Crippen molar-refractivity contribution in [2.45, 2.75) is 5.41 Å². The summed E-state index contributed by atoms with van der Waals surface area (Å²) in [5.41, 5.74) is 13.3. The van der Waals surface area contributed by atoms with E-state index in [4.69, 9.17) is 15.0 Å². The van der Waals surface area contributed by atoms with Crippen molar-refractivity contribution in [3.8, 4) is 16.8 Å². The molecular weight excluding hydrogens is 550 g/mol. The average molecular weight is 576 g/mol. The summed E-state index contributed by atoms with van der Waals surface area (Å²) < 4.78 is 2.20. The van der Waals surface area contributed by atoms with Crippen molar-refractivity contribution in [1.82, 2.24) is 19.5 Å². The minimum Gasteiger partial charge on any atom is -0.305 e. The molecule has 5 aromatic carbocycles. The Morgan fingerprint density at radius 2 is 1.00 bits per heavy atom. The molecule has 0 saturated heterocycles. The lowest BCUT2D eigenvalue weighted by atomic mass is 9.65. The van der Waals surface area contributed by atoms with Crippen molar-refractivity contribution in [2.75, 3.05) is 4.90 Å². The van der Waals surface area contributed by atoms with Gasteiger partial charge < -0.3 is 4.57 Å². The molecule has 1 aliphatic carbocycles. The zero-order valence-electron chi connectivity index (χ0n) is 24.2. The minimum absolute atomic E-state index is 0.452. The Balaban J connectivity index is 1.20. The van der Waals surface area contributed by atoms with Gasteiger partial charge in [0, 0.05) is 11.6 Å². The second-order valence-corrected chi connectivity index (χ2v) is 11.7. The first kappa shape index (κ1) is 24.4.